The van der Waals surface area contributed by atoms with Crippen LogP contribution in [0.2, 0.25) is 0 Å². The number of nitrogens with one attached hydrogen (secondary N) is 2. The summed E-state index contributed by atoms with van der Waals surface area (Å²) < 4.78 is 0. The van der Waals surface area contributed by atoms with Crippen LogP contribution in [-0.4, -0.2) is 45.0 Å². The van der Waals surface area contributed by atoms with Crippen molar-refractivity contribution in [2.24, 2.45) is 5.10 Å². The van der Waals surface area contributed by atoms with Crippen LogP contribution in [0.5, 0.6) is 0 Å². The molecule has 0 saturated heterocycles. The minimum atomic E-state index is -1.01. The first-order valence-corrected chi connectivity index (χ1v) is 8.40. The molecular weight excluding hydrogens is 334 g/mol. The second-order valence-electron chi connectivity index (χ2n) is 6.41. The van der Waals surface area contributed by atoms with Crippen molar-refractivity contribution in [3.8, 4) is 0 Å². The van der Waals surface area contributed by atoms with E-state index in [0.717, 1.165) is 11.4 Å². The summed E-state index contributed by atoms with van der Waals surface area (Å²) in [5.41, 5.74) is 2.67. The van der Waals surface area contributed by atoms with E-state index in [1.165, 1.54) is 5.01 Å². The lowest BCUT2D eigenvalue weighted by molar-refractivity contribution is -0.138. The summed E-state index contributed by atoms with van der Waals surface area (Å²) in [6, 6.07) is 9.86. The first-order chi connectivity index (χ1) is 12.4. The van der Waals surface area contributed by atoms with Gasteiger partial charge in [0.2, 0.25) is 0 Å². The third kappa shape index (κ3) is 3.90. The number of nitrogens with zero attached hydrogens (tertiary/aromatic N) is 3. The Bertz CT molecular complexity index is 830. The topological polar surface area (TPSA) is 111 Å². The Kier molecular flexibility index (Phi) is 5.01. The zero-order valence-electron chi connectivity index (χ0n) is 14.6. The van der Waals surface area contributed by atoms with Crippen LogP contribution in [0.3, 0.4) is 0 Å². The van der Waals surface area contributed by atoms with E-state index in [4.69, 9.17) is 0 Å². The third-order valence-electron chi connectivity index (χ3n) is 4.13. The van der Waals surface area contributed by atoms with Gasteiger partial charge in [-0.3, -0.25) is 14.9 Å². The van der Waals surface area contributed by atoms with Crippen molar-refractivity contribution in [3.63, 3.8) is 0 Å². The molecule has 1 aliphatic rings. The van der Waals surface area contributed by atoms with E-state index < -0.39 is 12.0 Å². The van der Waals surface area contributed by atoms with E-state index in [0.29, 0.717) is 12.1 Å². The molecule has 2 aromatic rings. The predicted molar refractivity (Wildman–Crippen MR) is 97.0 cm³/mol. The molecule has 1 aromatic heterocycles. The Morgan fingerprint density at radius 1 is 1.38 bits per heavy atom. The summed E-state index contributed by atoms with van der Waals surface area (Å²) in [5, 5.41) is 25.0. The fraction of sp³-hybridized carbons (Fsp3) is 0.333. The van der Waals surface area contributed by atoms with Gasteiger partial charge in [0.25, 0.3) is 5.91 Å². The SMILES string of the molecule is Cc1cc(CC(C)NC(=O)C2=NN(c3ccccc3)C(C(=O)O)C2)n[nH]1. The first-order valence-electron chi connectivity index (χ1n) is 8.40. The molecule has 136 valence electrons. The van der Waals surface area contributed by atoms with E-state index in [-0.39, 0.29) is 24.1 Å². The zero-order valence-corrected chi connectivity index (χ0v) is 14.6. The number of para-hydroxylation sites is 1. The molecule has 1 aromatic carbocycles. The van der Waals surface area contributed by atoms with Gasteiger partial charge in [-0.05, 0) is 32.0 Å². The summed E-state index contributed by atoms with van der Waals surface area (Å²) in [6.45, 7) is 3.79. The molecular formula is C18H21N5O3. The average molecular weight is 355 g/mol. The highest BCUT2D eigenvalue weighted by molar-refractivity contribution is 6.40. The molecule has 26 heavy (non-hydrogen) atoms. The monoisotopic (exact) mass is 355 g/mol. The first kappa shape index (κ1) is 17.7. The molecule has 0 fully saturated rings. The molecule has 0 radical (unpaired) electrons. The second kappa shape index (κ2) is 7.38. The number of aromatic amines is 1. The number of rotatable bonds is 6. The van der Waals surface area contributed by atoms with Gasteiger partial charge in [-0.2, -0.15) is 10.2 Å². The van der Waals surface area contributed by atoms with Gasteiger partial charge in [-0.25, -0.2) is 4.79 Å². The van der Waals surface area contributed by atoms with Crippen molar-refractivity contribution in [1.82, 2.24) is 15.5 Å². The van der Waals surface area contributed by atoms with E-state index in [2.05, 4.69) is 20.6 Å². The van der Waals surface area contributed by atoms with Gasteiger partial charge < -0.3 is 10.4 Å². The largest absolute Gasteiger partial charge is 0.480 e. The number of aromatic nitrogens is 2. The molecule has 0 aliphatic carbocycles. The van der Waals surface area contributed by atoms with Gasteiger partial charge in [-0.15, -0.1) is 0 Å². The van der Waals surface area contributed by atoms with Crippen molar-refractivity contribution in [1.29, 1.82) is 0 Å². The van der Waals surface area contributed by atoms with Gasteiger partial charge in [-0.1, -0.05) is 18.2 Å². The third-order valence-corrected chi connectivity index (χ3v) is 4.13. The van der Waals surface area contributed by atoms with Crippen LogP contribution in [-0.2, 0) is 16.0 Å². The van der Waals surface area contributed by atoms with Gasteiger partial charge in [0.05, 0.1) is 11.4 Å². The maximum Gasteiger partial charge on any atom is 0.328 e. The molecule has 2 unspecified atom stereocenters. The molecule has 8 heteroatoms. The number of H-pyrrole nitrogens is 1. The number of carbonyl (C=O) groups is 2. The molecule has 0 spiro atoms. The van der Waals surface area contributed by atoms with Crippen molar-refractivity contribution in [2.45, 2.75) is 38.8 Å². The quantitative estimate of drug-likeness (QED) is 0.727. The van der Waals surface area contributed by atoms with Gasteiger partial charge in [0.15, 0.2) is 6.04 Å². The van der Waals surface area contributed by atoms with Crippen LogP contribution in [0.15, 0.2) is 41.5 Å². The number of benzene rings is 1. The summed E-state index contributed by atoms with van der Waals surface area (Å²) in [5.74, 6) is -1.37. The van der Waals surface area contributed by atoms with Crippen molar-refractivity contribution in [3.05, 3.63) is 47.8 Å². The Morgan fingerprint density at radius 2 is 2.12 bits per heavy atom. The summed E-state index contributed by atoms with van der Waals surface area (Å²) in [6.07, 6.45) is 0.637. The van der Waals surface area contributed by atoms with Gasteiger partial charge >= 0.3 is 5.97 Å². The Labute approximate surface area is 150 Å². The highest BCUT2D eigenvalue weighted by Crippen LogP contribution is 2.24. The molecule has 2 atom stereocenters. The van der Waals surface area contributed by atoms with Crippen LogP contribution in [0.1, 0.15) is 24.7 Å². The summed E-state index contributed by atoms with van der Waals surface area (Å²) >= 11 is 0. The lowest BCUT2D eigenvalue weighted by atomic mass is 10.1. The van der Waals surface area contributed by atoms with E-state index >= 15 is 0 Å². The standard InChI is InChI=1S/C18H21N5O3/c1-11(8-13-9-12(2)20-21-13)19-17(24)15-10-16(18(25)26)23(22-15)14-6-4-3-5-7-14/h3-7,9,11,16H,8,10H2,1-2H3,(H,19,24)(H,20,21)(H,25,26). The number of amides is 1. The van der Waals surface area contributed by atoms with Crippen LogP contribution >= 0.6 is 0 Å². The number of carbonyl (C=O) groups excluding carboxylic acids is 1. The fourth-order valence-electron chi connectivity index (χ4n) is 2.91. The molecule has 1 aliphatic heterocycles. The van der Waals surface area contributed by atoms with Crippen LogP contribution in [0.4, 0.5) is 5.69 Å². The number of hydrazone groups is 1. The molecule has 0 saturated carbocycles. The van der Waals surface area contributed by atoms with Gasteiger partial charge in [0.1, 0.15) is 5.71 Å². The Hall–Kier alpha value is -3.16. The normalized spacial score (nSPS) is 17.7. The number of hydrogen-bond acceptors (Lipinski definition) is 5. The second-order valence-corrected chi connectivity index (χ2v) is 6.41. The Balaban J connectivity index is 1.69. The number of anilines is 1. The highest BCUT2D eigenvalue weighted by Gasteiger charge is 2.36. The minimum Gasteiger partial charge on any atom is -0.480 e. The number of carboxylic acid groups (broad SMARTS) is 1. The van der Waals surface area contributed by atoms with Gasteiger partial charge in [0, 0.05) is 24.6 Å². The molecule has 1 amide bonds. The molecule has 3 rings (SSSR count). The summed E-state index contributed by atoms with van der Waals surface area (Å²) in [7, 11) is 0. The minimum absolute atomic E-state index is 0.0598. The zero-order chi connectivity index (χ0) is 18.7. The Morgan fingerprint density at radius 3 is 2.73 bits per heavy atom. The van der Waals surface area contributed by atoms with Crippen LogP contribution < -0.4 is 10.3 Å². The number of carboxylic acids is 1. The molecule has 3 N–H and O–H groups in total. The molecule has 2 heterocycles. The van der Waals surface area contributed by atoms with Crippen molar-refractivity contribution >= 4 is 23.3 Å². The maximum atomic E-state index is 12.5. The highest BCUT2D eigenvalue weighted by atomic mass is 16.4. The number of aliphatic carboxylic acids is 1. The number of aryl methyl sites for hydroxylation is 1. The van der Waals surface area contributed by atoms with Crippen molar-refractivity contribution < 1.29 is 14.7 Å². The summed E-state index contributed by atoms with van der Waals surface area (Å²) in [4.78, 5) is 24.1. The lowest BCUT2D eigenvalue weighted by Gasteiger charge is -2.19. The van der Waals surface area contributed by atoms with Crippen LogP contribution in [0.25, 0.3) is 0 Å². The lowest BCUT2D eigenvalue weighted by Crippen LogP contribution is -2.39. The van der Waals surface area contributed by atoms with E-state index in [1.807, 2.05) is 26.0 Å². The number of hydrogen-bond donors (Lipinski definition) is 3. The molecule has 0 bridgehead atoms. The average Bonchev–Trinajstić information content (AvgIpc) is 3.22. The molecule has 8 nitrogen and oxygen atoms in total. The van der Waals surface area contributed by atoms with Crippen LogP contribution in [0, 0.1) is 6.92 Å². The fourth-order valence-corrected chi connectivity index (χ4v) is 2.91. The smallest absolute Gasteiger partial charge is 0.328 e. The van der Waals surface area contributed by atoms with E-state index in [1.54, 1.807) is 24.3 Å². The van der Waals surface area contributed by atoms with E-state index in [9.17, 15) is 14.7 Å². The van der Waals surface area contributed by atoms with Crippen molar-refractivity contribution in [2.75, 3.05) is 5.01 Å². The maximum absolute atomic E-state index is 12.5. The predicted octanol–water partition coefficient (Wildman–Crippen LogP) is 1.48.